The maximum absolute atomic E-state index is 11.6. The number of nitrogens with zero attached hydrogens (tertiary/aromatic N) is 2. The molecule has 0 unspecified atom stereocenters. The van der Waals surface area contributed by atoms with Gasteiger partial charge in [0, 0.05) is 6.07 Å². The zero-order chi connectivity index (χ0) is 13.1. The zero-order valence-electron chi connectivity index (χ0n) is 9.18. The molecule has 0 fully saturated rings. The molecule has 0 saturated heterocycles. The fourth-order valence-electron chi connectivity index (χ4n) is 1.51. The van der Waals surface area contributed by atoms with Crippen LogP contribution >= 0.6 is 11.6 Å². The van der Waals surface area contributed by atoms with Crippen molar-refractivity contribution in [2.45, 2.75) is 6.54 Å². The van der Waals surface area contributed by atoms with Gasteiger partial charge in [-0.3, -0.25) is 14.3 Å². The summed E-state index contributed by atoms with van der Waals surface area (Å²) >= 11 is 5.56. The lowest BCUT2D eigenvalue weighted by molar-refractivity contribution is 0.699. The third-order valence-corrected chi connectivity index (χ3v) is 2.62. The van der Waals surface area contributed by atoms with Crippen molar-refractivity contribution in [1.82, 2.24) is 9.55 Å². The standard InChI is InChI=1S/C12H8ClN3O2/c13-10-5-11(17)16(12(18)15-10)7-9-3-1-8(6-14)2-4-9/h1-5H,7H2,(H,15,18). The Morgan fingerprint density at radius 1 is 1.28 bits per heavy atom. The molecule has 0 spiro atoms. The van der Waals surface area contributed by atoms with Crippen molar-refractivity contribution in [3.8, 4) is 6.07 Å². The largest absolute Gasteiger partial charge is 0.329 e. The molecule has 2 rings (SSSR count). The van der Waals surface area contributed by atoms with Gasteiger partial charge in [-0.15, -0.1) is 0 Å². The maximum Gasteiger partial charge on any atom is 0.329 e. The van der Waals surface area contributed by atoms with Crippen LogP contribution in [0.2, 0.25) is 5.15 Å². The normalized spacial score (nSPS) is 10.0. The first-order valence-corrected chi connectivity index (χ1v) is 5.46. The van der Waals surface area contributed by atoms with E-state index in [0.29, 0.717) is 5.56 Å². The van der Waals surface area contributed by atoms with Gasteiger partial charge in [0.05, 0.1) is 18.2 Å². The predicted octanol–water partition coefficient (Wildman–Crippen LogP) is 1.11. The molecular formula is C12H8ClN3O2. The van der Waals surface area contributed by atoms with Gasteiger partial charge in [-0.1, -0.05) is 23.7 Å². The first kappa shape index (κ1) is 12.1. The monoisotopic (exact) mass is 261 g/mol. The van der Waals surface area contributed by atoms with Gasteiger partial charge in [-0.25, -0.2) is 4.79 Å². The van der Waals surface area contributed by atoms with Crippen molar-refractivity contribution < 1.29 is 0 Å². The van der Waals surface area contributed by atoms with Gasteiger partial charge in [0.15, 0.2) is 0 Å². The van der Waals surface area contributed by atoms with E-state index < -0.39 is 11.2 Å². The van der Waals surface area contributed by atoms with E-state index in [2.05, 4.69) is 4.98 Å². The molecule has 5 nitrogen and oxygen atoms in total. The van der Waals surface area contributed by atoms with Gasteiger partial charge in [-0.2, -0.15) is 5.26 Å². The van der Waals surface area contributed by atoms with Crippen LogP contribution in [0.5, 0.6) is 0 Å². The first-order valence-electron chi connectivity index (χ1n) is 5.09. The van der Waals surface area contributed by atoms with Gasteiger partial charge < -0.3 is 0 Å². The average Bonchev–Trinajstić information content (AvgIpc) is 2.34. The molecule has 0 radical (unpaired) electrons. The summed E-state index contributed by atoms with van der Waals surface area (Å²) in [7, 11) is 0. The highest BCUT2D eigenvalue weighted by molar-refractivity contribution is 6.29. The number of halogens is 1. The highest BCUT2D eigenvalue weighted by Crippen LogP contribution is 2.04. The Balaban J connectivity index is 2.38. The van der Waals surface area contributed by atoms with Crippen LogP contribution in [0.1, 0.15) is 11.1 Å². The quantitative estimate of drug-likeness (QED) is 0.823. The second kappa shape index (κ2) is 4.90. The Morgan fingerprint density at radius 2 is 1.94 bits per heavy atom. The smallest absolute Gasteiger partial charge is 0.298 e. The predicted molar refractivity (Wildman–Crippen MR) is 66.6 cm³/mol. The van der Waals surface area contributed by atoms with E-state index in [1.165, 1.54) is 0 Å². The second-order valence-electron chi connectivity index (χ2n) is 3.66. The molecule has 1 aromatic heterocycles. The Kier molecular flexibility index (Phi) is 3.31. The fraction of sp³-hybridized carbons (Fsp3) is 0.0833. The van der Waals surface area contributed by atoms with Crippen molar-refractivity contribution in [3.05, 3.63) is 67.4 Å². The molecule has 0 aliphatic heterocycles. The van der Waals surface area contributed by atoms with E-state index in [-0.39, 0.29) is 11.7 Å². The topological polar surface area (TPSA) is 78.7 Å². The zero-order valence-corrected chi connectivity index (χ0v) is 9.94. The van der Waals surface area contributed by atoms with Crippen molar-refractivity contribution in [1.29, 1.82) is 5.26 Å². The summed E-state index contributed by atoms with van der Waals surface area (Å²) < 4.78 is 1.03. The minimum absolute atomic E-state index is 0.0149. The average molecular weight is 262 g/mol. The van der Waals surface area contributed by atoms with Crippen molar-refractivity contribution in [2.75, 3.05) is 0 Å². The van der Waals surface area contributed by atoms with Gasteiger partial charge in [-0.05, 0) is 17.7 Å². The van der Waals surface area contributed by atoms with Crippen LogP contribution in [0, 0.1) is 11.3 Å². The third-order valence-electron chi connectivity index (χ3n) is 2.41. The molecule has 0 atom stereocenters. The summed E-state index contributed by atoms with van der Waals surface area (Å²) in [5.41, 5.74) is 0.255. The number of nitrogens with one attached hydrogen (secondary N) is 1. The minimum atomic E-state index is -0.558. The fourth-order valence-corrected chi connectivity index (χ4v) is 1.68. The summed E-state index contributed by atoms with van der Waals surface area (Å²) in [5, 5.41) is 8.68. The molecule has 6 heteroatoms. The number of benzene rings is 1. The minimum Gasteiger partial charge on any atom is -0.298 e. The van der Waals surface area contributed by atoms with E-state index in [4.69, 9.17) is 16.9 Å². The van der Waals surface area contributed by atoms with Crippen LogP contribution < -0.4 is 11.2 Å². The van der Waals surface area contributed by atoms with E-state index in [1.807, 2.05) is 6.07 Å². The van der Waals surface area contributed by atoms with E-state index in [1.54, 1.807) is 24.3 Å². The summed E-state index contributed by atoms with van der Waals surface area (Å²) in [6.07, 6.45) is 0. The SMILES string of the molecule is N#Cc1ccc(Cn2c(=O)cc(Cl)[nH]c2=O)cc1. The molecule has 0 saturated carbocycles. The van der Waals surface area contributed by atoms with Crippen molar-refractivity contribution in [2.24, 2.45) is 0 Å². The number of nitriles is 1. The van der Waals surface area contributed by atoms with Crippen LogP contribution in [0.25, 0.3) is 0 Å². The van der Waals surface area contributed by atoms with Crippen LogP contribution in [-0.4, -0.2) is 9.55 Å². The van der Waals surface area contributed by atoms with Crippen molar-refractivity contribution in [3.63, 3.8) is 0 Å². The van der Waals surface area contributed by atoms with Gasteiger partial charge in [0.2, 0.25) is 0 Å². The Hall–Kier alpha value is -2.32. The summed E-state index contributed by atoms with van der Waals surface area (Å²) in [4.78, 5) is 25.5. The third kappa shape index (κ3) is 2.50. The van der Waals surface area contributed by atoms with Crippen molar-refractivity contribution >= 4 is 11.6 Å². The molecular weight excluding hydrogens is 254 g/mol. The first-order chi connectivity index (χ1) is 8.60. The van der Waals surface area contributed by atoms with Crippen LogP contribution in [0.3, 0.4) is 0 Å². The van der Waals surface area contributed by atoms with E-state index >= 15 is 0 Å². The molecule has 0 aliphatic carbocycles. The number of hydrogen-bond acceptors (Lipinski definition) is 3. The molecule has 18 heavy (non-hydrogen) atoms. The molecule has 1 heterocycles. The lowest BCUT2D eigenvalue weighted by Crippen LogP contribution is -2.34. The number of H-pyrrole nitrogens is 1. The summed E-state index contributed by atoms with van der Waals surface area (Å²) in [6, 6.07) is 9.79. The number of rotatable bonds is 2. The number of hydrogen-bond donors (Lipinski definition) is 1. The maximum atomic E-state index is 11.6. The van der Waals surface area contributed by atoms with Gasteiger partial charge in [0.25, 0.3) is 5.56 Å². The molecule has 1 aromatic carbocycles. The van der Waals surface area contributed by atoms with Crippen LogP contribution in [0.15, 0.2) is 39.9 Å². The van der Waals surface area contributed by atoms with Gasteiger partial charge in [0.1, 0.15) is 5.15 Å². The Morgan fingerprint density at radius 3 is 2.50 bits per heavy atom. The molecule has 0 amide bonds. The summed E-state index contributed by atoms with van der Waals surface area (Å²) in [5.74, 6) is 0. The van der Waals surface area contributed by atoms with Gasteiger partial charge >= 0.3 is 5.69 Å². The van der Waals surface area contributed by atoms with Crippen LogP contribution in [-0.2, 0) is 6.54 Å². The molecule has 90 valence electrons. The molecule has 0 aliphatic rings. The summed E-state index contributed by atoms with van der Waals surface area (Å²) in [6.45, 7) is 0.136. The van der Waals surface area contributed by atoms with E-state index in [9.17, 15) is 9.59 Å². The molecule has 0 bridgehead atoms. The highest BCUT2D eigenvalue weighted by Gasteiger charge is 2.04. The number of aromatic nitrogens is 2. The van der Waals surface area contributed by atoms with E-state index in [0.717, 1.165) is 16.2 Å². The molecule has 2 aromatic rings. The van der Waals surface area contributed by atoms with Crippen LogP contribution in [0.4, 0.5) is 0 Å². The Bertz CT molecular complexity index is 691. The number of aromatic amines is 1. The lowest BCUT2D eigenvalue weighted by atomic mass is 10.1. The second-order valence-corrected chi connectivity index (χ2v) is 4.06. The highest BCUT2D eigenvalue weighted by atomic mass is 35.5. The Labute approximate surface area is 107 Å². The lowest BCUT2D eigenvalue weighted by Gasteiger charge is -2.04. The molecule has 1 N–H and O–H groups in total.